The van der Waals surface area contributed by atoms with E-state index in [1.165, 1.54) is 6.92 Å². The second-order valence-electron chi connectivity index (χ2n) is 4.87. The summed E-state index contributed by atoms with van der Waals surface area (Å²) in [5.74, 6) is 0.824. The normalized spacial score (nSPS) is 40.9. The molecular weight excluding hydrogens is 222 g/mol. The van der Waals surface area contributed by atoms with Gasteiger partial charge in [0.2, 0.25) is 6.29 Å². The van der Waals surface area contributed by atoms with E-state index in [1.54, 1.807) is 6.92 Å². The molecule has 2 aliphatic rings. The third kappa shape index (κ3) is 2.44. The Morgan fingerprint density at radius 2 is 2.18 bits per heavy atom. The van der Waals surface area contributed by atoms with Crippen LogP contribution in [0.3, 0.4) is 0 Å². The molecular formula is C12H19NO4. The molecule has 0 radical (unpaired) electrons. The van der Waals surface area contributed by atoms with Gasteiger partial charge in [-0.1, -0.05) is 13.8 Å². The molecule has 96 valence electrons. The Kier molecular flexibility index (Phi) is 3.38. The minimum absolute atomic E-state index is 0.201. The van der Waals surface area contributed by atoms with Gasteiger partial charge in [-0.2, -0.15) is 0 Å². The van der Waals surface area contributed by atoms with Crippen LogP contribution in [0.2, 0.25) is 0 Å². The summed E-state index contributed by atoms with van der Waals surface area (Å²) in [6.07, 6.45) is -0.681. The molecule has 0 saturated carbocycles. The maximum atomic E-state index is 11.2. The second-order valence-corrected chi connectivity index (χ2v) is 4.87. The van der Waals surface area contributed by atoms with Crippen molar-refractivity contribution in [2.24, 2.45) is 16.8 Å². The van der Waals surface area contributed by atoms with Crippen LogP contribution in [0.25, 0.3) is 0 Å². The van der Waals surface area contributed by atoms with Crippen molar-refractivity contribution in [2.75, 3.05) is 6.61 Å². The van der Waals surface area contributed by atoms with Gasteiger partial charge in [-0.25, -0.2) is 4.99 Å². The van der Waals surface area contributed by atoms with Gasteiger partial charge in [-0.05, 0) is 5.92 Å². The average molecular weight is 241 g/mol. The Hall–Kier alpha value is -1.10. The number of nitrogens with zero attached hydrogens (tertiary/aromatic N) is 1. The molecule has 5 atom stereocenters. The quantitative estimate of drug-likeness (QED) is 0.650. The minimum atomic E-state index is -0.410. The van der Waals surface area contributed by atoms with Crippen LogP contribution in [0.5, 0.6) is 0 Å². The lowest BCUT2D eigenvalue weighted by Crippen LogP contribution is -2.40. The Morgan fingerprint density at radius 3 is 2.82 bits per heavy atom. The summed E-state index contributed by atoms with van der Waals surface area (Å²) in [6.45, 7) is 7.95. The molecule has 2 aliphatic heterocycles. The van der Waals surface area contributed by atoms with E-state index < -0.39 is 6.29 Å². The molecule has 1 fully saturated rings. The first-order valence-electron chi connectivity index (χ1n) is 5.99. The summed E-state index contributed by atoms with van der Waals surface area (Å²) in [5, 5.41) is 0. The molecule has 4 unspecified atom stereocenters. The Morgan fingerprint density at radius 1 is 1.47 bits per heavy atom. The largest absolute Gasteiger partial charge is 0.460 e. The fourth-order valence-corrected chi connectivity index (χ4v) is 2.30. The first kappa shape index (κ1) is 12.4. The van der Waals surface area contributed by atoms with Crippen molar-refractivity contribution in [3.8, 4) is 0 Å². The number of hydrogen-bond donors (Lipinski definition) is 0. The van der Waals surface area contributed by atoms with E-state index >= 15 is 0 Å². The predicted octanol–water partition coefficient (Wildman–Crippen LogP) is 1.36. The van der Waals surface area contributed by atoms with Crippen molar-refractivity contribution in [1.82, 2.24) is 0 Å². The Bertz CT molecular complexity index is 341. The number of rotatable bonds is 1. The van der Waals surface area contributed by atoms with Crippen LogP contribution in [-0.2, 0) is 19.0 Å². The molecule has 0 spiro atoms. The molecule has 0 amide bonds. The lowest BCUT2D eigenvalue weighted by atomic mass is 9.88. The molecule has 0 aromatic rings. The number of carbonyl (C=O) groups is 1. The number of ether oxygens (including phenoxy) is 3. The molecule has 0 N–H and O–H groups in total. The summed E-state index contributed by atoms with van der Waals surface area (Å²) in [6, 6.07) is -0.237. The highest BCUT2D eigenvalue weighted by molar-refractivity contribution is 5.75. The number of hydrogen-bond acceptors (Lipinski definition) is 5. The van der Waals surface area contributed by atoms with Crippen molar-refractivity contribution in [1.29, 1.82) is 0 Å². The smallest absolute Gasteiger partial charge is 0.302 e. The third-order valence-corrected chi connectivity index (χ3v) is 3.47. The SMILES string of the molecule is CC(=O)OC1C2N=C(C)OC2OCC(C)[C@@H]1C. The fraction of sp³-hybridized carbons (Fsp3) is 0.833. The average Bonchev–Trinajstić information content (AvgIpc) is 2.58. The van der Waals surface area contributed by atoms with Gasteiger partial charge in [-0.15, -0.1) is 0 Å². The van der Waals surface area contributed by atoms with E-state index in [0.717, 1.165) is 0 Å². The van der Waals surface area contributed by atoms with Crippen LogP contribution >= 0.6 is 0 Å². The molecule has 17 heavy (non-hydrogen) atoms. The van der Waals surface area contributed by atoms with Crippen molar-refractivity contribution in [3.63, 3.8) is 0 Å². The van der Waals surface area contributed by atoms with Crippen LogP contribution in [0.4, 0.5) is 0 Å². The van der Waals surface area contributed by atoms with Gasteiger partial charge < -0.3 is 14.2 Å². The number of fused-ring (bicyclic) bond motifs is 1. The molecule has 0 aromatic carbocycles. The highest BCUT2D eigenvalue weighted by atomic mass is 16.7. The molecule has 0 bridgehead atoms. The van der Waals surface area contributed by atoms with E-state index in [-0.39, 0.29) is 24.0 Å². The summed E-state index contributed by atoms with van der Waals surface area (Å²) >= 11 is 0. The molecule has 2 heterocycles. The third-order valence-electron chi connectivity index (χ3n) is 3.47. The van der Waals surface area contributed by atoms with Gasteiger partial charge in [0, 0.05) is 19.8 Å². The van der Waals surface area contributed by atoms with E-state index in [0.29, 0.717) is 18.4 Å². The Balaban J connectivity index is 2.23. The highest BCUT2D eigenvalue weighted by Crippen LogP contribution is 2.32. The van der Waals surface area contributed by atoms with Gasteiger partial charge in [0.15, 0.2) is 11.9 Å². The molecule has 5 heteroatoms. The molecule has 2 rings (SSSR count). The maximum absolute atomic E-state index is 11.2. The first-order valence-corrected chi connectivity index (χ1v) is 5.99. The van der Waals surface area contributed by atoms with E-state index in [1.807, 2.05) is 0 Å². The summed E-state index contributed by atoms with van der Waals surface area (Å²) in [5.41, 5.74) is 0. The fourth-order valence-electron chi connectivity index (χ4n) is 2.30. The summed E-state index contributed by atoms with van der Waals surface area (Å²) in [4.78, 5) is 15.6. The van der Waals surface area contributed by atoms with Crippen molar-refractivity contribution in [2.45, 2.75) is 46.1 Å². The minimum Gasteiger partial charge on any atom is -0.460 e. The van der Waals surface area contributed by atoms with Crippen LogP contribution < -0.4 is 0 Å². The number of carbonyl (C=O) groups excluding carboxylic acids is 1. The van der Waals surface area contributed by atoms with Gasteiger partial charge in [0.25, 0.3) is 0 Å². The molecule has 0 aliphatic carbocycles. The van der Waals surface area contributed by atoms with Crippen LogP contribution in [0.15, 0.2) is 4.99 Å². The standard InChI is InChI=1S/C12H19NO4/c1-6-5-15-12-10(13-8(3)16-12)11(7(6)2)17-9(4)14/h6-7,10-12H,5H2,1-4H3/t6?,7-,10?,11?,12?/m0/s1. The van der Waals surface area contributed by atoms with Crippen LogP contribution in [-0.4, -0.2) is 36.9 Å². The van der Waals surface area contributed by atoms with Crippen LogP contribution in [0.1, 0.15) is 27.7 Å². The molecule has 1 saturated heterocycles. The zero-order valence-electron chi connectivity index (χ0n) is 10.7. The lowest BCUT2D eigenvalue weighted by molar-refractivity contribution is -0.154. The van der Waals surface area contributed by atoms with Gasteiger partial charge in [0.05, 0.1) is 6.61 Å². The number of aliphatic imine (C=N–C) groups is 1. The van der Waals surface area contributed by atoms with E-state index in [4.69, 9.17) is 14.2 Å². The van der Waals surface area contributed by atoms with E-state index in [2.05, 4.69) is 18.8 Å². The summed E-state index contributed by atoms with van der Waals surface area (Å²) in [7, 11) is 0. The summed E-state index contributed by atoms with van der Waals surface area (Å²) < 4.78 is 16.6. The van der Waals surface area contributed by atoms with Crippen LogP contribution in [0, 0.1) is 11.8 Å². The van der Waals surface area contributed by atoms with Crippen molar-refractivity contribution >= 4 is 11.9 Å². The maximum Gasteiger partial charge on any atom is 0.302 e. The van der Waals surface area contributed by atoms with Gasteiger partial charge in [0.1, 0.15) is 6.10 Å². The first-order chi connectivity index (χ1) is 7.99. The zero-order valence-corrected chi connectivity index (χ0v) is 10.7. The predicted molar refractivity (Wildman–Crippen MR) is 61.6 cm³/mol. The monoisotopic (exact) mass is 241 g/mol. The van der Waals surface area contributed by atoms with E-state index in [9.17, 15) is 4.79 Å². The van der Waals surface area contributed by atoms with Gasteiger partial charge in [-0.3, -0.25) is 4.79 Å². The zero-order chi connectivity index (χ0) is 12.6. The molecule has 5 nitrogen and oxygen atoms in total. The Labute approximate surface area is 101 Å². The molecule has 0 aromatic heterocycles. The second kappa shape index (κ2) is 4.64. The highest BCUT2D eigenvalue weighted by Gasteiger charge is 2.45. The van der Waals surface area contributed by atoms with Crippen molar-refractivity contribution < 1.29 is 19.0 Å². The van der Waals surface area contributed by atoms with Gasteiger partial charge >= 0.3 is 5.97 Å². The van der Waals surface area contributed by atoms with Crippen molar-refractivity contribution in [3.05, 3.63) is 0 Å². The number of esters is 1. The lowest BCUT2D eigenvalue weighted by Gasteiger charge is -2.27. The topological polar surface area (TPSA) is 57.1 Å².